The molecule has 0 aliphatic carbocycles. The lowest BCUT2D eigenvalue weighted by molar-refractivity contribution is -0.122. The highest BCUT2D eigenvalue weighted by atomic mass is 32.2. The number of carbonyl (C=O) groups is 1. The van der Waals surface area contributed by atoms with Crippen molar-refractivity contribution in [3.63, 3.8) is 0 Å². The number of hydrogen-bond donors (Lipinski definition) is 0. The standard InChI is InChI=1S/C25H34N4O2S2/c1-4-5-6-7-12-15-29-24(31)21(33-25(29)32)16-19-18(2)20(17-26)23(30)27(3)22(19)28-13-10-8-9-11-14-28/h16H,4-15H2,1-3H3. The van der Waals surface area contributed by atoms with Crippen LogP contribution in [0.4, 0.5) is 5.82 Å². The average molecular weight is 487 g/mol. The molecule has 2 aliphatic rings. The van der Waals surface area contributed by atoms with E-state index in [4.69, 9.17) is 12.2 Å². The van der Waals surface area contributed by atoms with Gasteiger partial charge in [0.2, 0.25) is 0 Å². The highest BCUT2D eigenvalue weighted by Gasteiger charge is 2.32. The fraction of sp³-hybridized carbons (Fsp3) is 0.600. The normalized spacial score (nSPS) is 18.2. The number of aromatic nitrogens is 1. The van der Waals surface area contributed by atoms with Crippen molar-refractivity contribution in [1.29, 1.82) is 5.26 Å². The average Bonchev–Trinajstić information content (AvgIpc) is 2.96. The second-order valence-electron chi connectivity index (χ2n) is 8.86. The Hall–Kier alpha value is -2.11. The number of carbonyl (C=O) groups excluding carboxylic acids is 1. The van der Waals surface area contributed by atoms with E-state index in [0.29, 0.717) is 21.3 Å². The van der Waals surface area contributed by atoms with Crippen LogP contribution in [0.25, 0.3) is 6.08 Å². The zero-order chi connectivity index (χ0) is 24.0. The number of rotatable bonds is 8. The molecule has 0 radical (unpaired) electrons. The summed E-state index contributed by atoms with van der Waals surface area (Å²) >= 11 is 6.84. The first-order chi connectivity index (χ1) is 15.9. The van der Waals surface area contributed by atoms with E-state index in [1.54, 1.807) is 16.5 Å². The lowest BCUT2D eigenvalue weighted by Gasteiger charge is -2.28. The van der Waals surface area contributed by atoms with Crippen LogP contribution in [0.1, 0.15) is 81.4 Å². The van der Waals surface area contributed by atoms with Crippen LogP contribution in [0, 0.1) is 18.3 Å². The molecule has 1 aromatic rings. The van der Waals surface area contributed by atoms with Crippen LogP contribution >= 0.6 is 24.0 Å². The maximum Gasteiger partial charge on any atom is 0.270 e. The largest absolute Gasteiger partial charge is 0.357 e. The Morgan fingerprint density at radius 3 is 2.39 bits per heavy atom. The van der Waals surface area contributed by atoms with Gasteiger partial charge in [0.05, 0.1) is 4.91 Å². The number of amides is 1. The summed E-state index contributed by atoms with van der Waals surface area (Å²) in [4.78, 5) is 30.6. The van der Waals surface area contributed by atoms with Crippen molar-refractivity contribution in [3.8, 4) is 6.07 Å². The molecule has 178 valence electrons. The van der Waals surface area contributed by atoms with Gasteiger partial charge in [-0.1, -0.05) is 69.4 Å². The molecule has 0 N–H and O–H groups in total. The molecule has 2 saturated heterocycles. The van der Waals surface area contributed by atoms with Crippen LogP contribution in [0.15, 0.2) is 9.70 Å². The maximum atomic E-state index is 13.2. The van der Waals surface area contributed by atoms with Gasteiger partial charge in [0.1, 0.15) is 21.8 Å². The molecule has 3 heterocycles. The predicted molar refractivity (Wildman–Crippen MR) is 140 cm³/mol. The molecule has 0 spiro atoms. The molecule has 0 saturated carbocycles. The van der Waals surface area contributed by atoms with Gasteiger partial charge >= 0.3 is 0 Å². The van der Waals surface area contributed by atoms with Gasteiger partial charge < -0.3 is 4.90 Å². The van der Waals surface area contributed by atoms with Crippen molar-refractivity contribution < 1.29 is 4.79 Å². The number of thioether (sulfide) groups is 1. The molecular formula is C25H34N4O2S2. The van der Waals surface area contributed by atoms with Crippen LogP contribution in [0.5, 0.6) is 0 Å². The van der Waals surface area contributed by atoms with E-state index < -0.39 is 0 Å². The third-order valence-corrected chi connectivity index (χ3v) is 7.89. The van der Waals surface area contributed by atoms with E-state index in [1.807, 2.05) is 13.0 Å². The fourth-order valence-electron chi connectivity index (χ4n) is 4.57. The molecule has 33 heavy (non-hydrogen) atoms. The number of hydrogen-bond acceptors (Lipinski definition) is 6. The molecular weight excluding hydrogens is 452 g/mol. The van der Waals surface area contributed by atoms with E-state index in [-0.39, 0.29) is 17.0 Å². The number of anilines is 1. The van der Waals surface area contributed by atoms with Crippen molar-refractivity contribution in [2.75, 3.05) is 24.5 Å². The first kappa shape index (κ1) is 25.5. The van der Waals surface area contributed by atoms with E-state index in [0.717, 1.165) is 50.2 Å². The molecule has 3 rings (SSSR count). The summed E-state index contributed by atoms with van der Waals surface area (Å²) in [6.45, 7) is 6.35. The van der Waals surface area contributed by atoms with Gasteiger partial charge in [-0.2, -0.15) is 5.26 Å². The van der Waals surface area contributed by atoms with Crippen LogP contribution in [-0.2, 0) is 11.8 Å². The number of pyridine rings is 1. The third kappa shape index (κ3) is 5.70. The highest BCUT2D eigenvalue weighted by Crippen LogP contribution is 2.36. The Balaban J connectivity index is 1.97. The predicted octanol–water partition coefficient (Wildman–Crippen LogP) is 5.12. The van der Waals surface area contributed by atoms with Gasteiger partial charge in [-0.15, -0.1) is 0 Å². The lowest BCUT2D eigenvalue weighted by Crippen LogP contribution is -2.34. The lowest BCUT2D eigenvalue weighted by atomic mass is 10.0. The van der Waals surface area contributed by atoms with Crippen LogP contribution in [-0.4, -0.2) is 39.3 Å². The SMILES string of the molecule is CCCCCCCN1C(=O)C(=Cc2c(C)c(C#N)c(=O)n(C)c2N2CCCCCC2)SC1=S. The molecule has 0 unspecified atom stereocenters. The molecule has 2 fully saturated rings. The zero-order valence-electron chi connectivity index (χ0n) is 20.0. The van der Waals surface area contributed by atoms with Crippen molar-refractivity contribution in [1.82, 2.24) is 9.47 Å². The second kappa shape index (κ2) is 11.8. The van der Waals surface area contributed by atoms with Gasteiger partial charge in [-0.25, -0.2) is 0 Å². The number of thiocarbonyl (C=S) groups is 1. The Morgan fingerprint density at radius 1 is 1.09 bits per heavy atom. The molecule has 0 atom stereocenters. The Labute approximate surface area is 206 Å². The van der Waals surface area contributed by atoms with E-state index >= 15 is 0 Å². The van der Waals surface area contributed by atoms with Crippen LogP contribution in [0.3, 0.4) is 0 Å². The summed E-state index contributed by atoms with van der Waals surface area (Å²) in [5.74, 6) is 0.720. The highest BCUT2D eigenvalue weighted by molar-refractivity contribution is 8.26. The molecule has 6 nitrogen and oxygen atoms in total. The van der Waals surface area contributed by atoms with E-state index in [1.165, 1.54) is 43.9 Å². The summed E-state index contributed by atoms with van der Waals surface area (Å²) < 4.78 is 2.16. The minimum atomic E-state index is -0.286. The topological polar surface area (TPSA) is 69.3 Å². The number of unbranched alkanes of at least 4 members (excludes halogenated alkanes) is 4. The first-order valence-corrected chi connectivity index (χ1v) is 13.3. The minimum absolute atomic E-state index is 0.0749. The maximum absolute atomic E-state index is 13.2. The summed E-state index contributed by atoms with van der Waals surface area (Å²) in [5.41, 5.74) is 1.25. The van der Waals surface area contributed by atoms with E-state index in [2.05, 4.69) is 17.9 Å². The van der Waals surface area contributed by atoms with Gasteiger partial charge in [0.15, 0.2) is 0 Å². The molecule has 8 heteroatoms. The summed E-state index contributed by atoms with van der Waals surface area (Å²) in [6, 6.07) is 2.08. The quantitative estimate of drug-likeness (QED) is 0.289. The smallest absolute Gasteiger partial charge is 0.270 e. The zero-order valence-corrected chi connectivity index (χ0v) is 21.6. The van der Waals surface area contributed by atoms with Crippen LogP contribution in [0.2, 0.25) is 0 Å². The van der Waals surface area contributed by atoms with Gasteiger partial charge in [-0.3, -0.25) is 19.1 Å². The molecule has 0 aromatic carbocycles. The molecule has 1 aromatic heterocycles. The van der Waals surface area contributed by atoms with E-state index in [9.17, 15) is 14.9 Å². The first-order valence-electron chi connectivity index (χ1n) is 12.0. The second-order valence-corrected chi connectivity index (χ2v) is 10.5. The minimum Gasteiger partial charge on any atom is -0.357 e. The fourth-order valence-corrected chi connectivity index (χ4v) is 5.86. The number of nitrogens with zero attached hydrogens (tertiary/aromatic N) is 4. The van der Waals surface area contributed by atoms with Gasteiger partial charge in [0, 0.05) is 32.2 Å². The Morgan fingerprint density at radius 2 is 1.76 bits per heavy atom. The van der Waals surface area contributed by atoms with Crippen molar-refractivity contribution >= 4 is 46.1 Å². The van der Waals surface area contributed by atoms with Crippen molar-refractivity contribution in [2.24, 2.45) is 7.05 Å². The van der Waals surface area contributed by atoms with Crippen LogP contribution < -0.4 is 10.5 Å². The molecule has 2 aliphatic heterocycles. The van der Waals surface area contributed by atoms with Crippen molar-refractivity contribution in [3.05, 3.63) is 31.9 Å². The summed E-state index contributed by atoms with van der Waals surface area (Å²) in [6.07, 6.45) is 11.9. The summed E-state index contributed by atoms with van der Waals surface area (Å²) in [7, 11) is 1.72. The monoisotopic (exact) mass is 486 g/mol. The Bertz CT molecular complexity index is 1030. The Kier molecular flexibility index (Phi) is 9.16. The molecule has 0 bridgehead atoms. The third-order valence-electron chi connectivity index (χ3n) is 6.51. The van der Waals surface area contributed by atoms with Gasteiger partial charge in [-0.05, 0) is 37.8 Å². The van der Waals surface area contributed by atoms with Gasteiger partial charge in [0.25, 0.3) is 11.5 Å². The molecule has 1 amide bonds. The number of nitriles is 1. The summed E-state index contributed by atoms with van der Waals surface area (Å²) in [5, 5.41) is 9.65. The van der Waals surface area contributed by atoms with Crippen molar-refractivity contribution in [2.45, 2.75) is 71.6 Å².